The van der Waals surface area contributed by atoms with Crippen molar-refractivity contribution < 1.29 is 9.53 Å². The Morgan fingerprint density at radius 1 is 1.39 bits per heavy atom. The van der Waals surface area contributed by atoms with Gasteiger partial charge >= 0.3 is 5.97 Å². The highest BCUT2D eigenvalue weighted by Crippen LogP contribution is 2.23. The lowest BCUT2D eigenvalue weighted by Gasteiger charge is -2.36. The van der Waals surface area contributed by atoms with Crippen molar-refractivity contribution >= 4 is 46.2 Å². The number of carbonyl (C=O) groups excluding carboxylic acids is 1. The molecule has 23 heavy (non-hydrogen) atoms. The van der Waals surface area contributed by atoms with E-state index in [9.17, 15) is 4.79 Å². The predicted octanol–water partition coefficient (Wildman–Crippen LogP) is 2.35. The fourth-order valence-corrected chi connectivity index (χ4v) is 3.82. The van der Waals surface area contributed by atoms with E-state index in [0.717, 1.165) is 48.6 Å². The van der Waals surface area contributed by atoms with Crippen molar-refractivity contribution in [2.45, 2.75) is 19.4 Å². The lowest BCUT2D eigenvalue weighted by molar-refractivity contribution is -0.140. The van der Waals surface area contributed by atoms with Gasteiger partial charge in [0.05, 0.1) is 11.4 Å². The monoisotopic (exact) mass is 375 g/mol. The standard InChI is InChI=1S/C15H22ClN3O2S2/c1-21-14(20)3-2-6-17-15(22)19-9-7-18(8-10-19)11-12-4-5-13(16)23-12/h4-5H,2-3,6-11H2,1H3,(H,17,22). The van der Waals surface area contributed by atoms with Crippen LogP contribution in [-0.4, -0.2) is 60.7 Å². The molecular weight excluding hydrogens is 354 g/mol. The molecule has 1 aromatic heterocycles. The Morgan fingerprint density at radius 2 is 2.13 bits per heavy atom. The van der Waals surface area contributed by atoms with Gasteiger partial charge in [-0.3, -0.25) is 9.69 Å². The summed E-state index contributed by atoms with van der Waals surface area (Å²) in [6.45, 7) is 5.45. The minimum atomic E-state index is -0.181. The first-order valence-corrected chi connectivity index (χ1v) is 9.25. The van der Waals surface area contributed by atoms with Gasteiger partial charge in [0.1, 0.15) is 0 Å². The van der Waals surface area contributed by atoms with Gasteiger partial charge in [0.25, 0.3) is 0 Å². The van der Waals surface area contributed by atoms with Gasteiger partial charge in [-0.2, -0.15) is 0 Å². The van der Waals surface area contributed by atoms with Gasteiger partial charge in [0, 0.05) is 50.6 Å². The fraction of sp³-hybridized carbons (Fsp3) is 0.600. The molecule has 1 fully saturated rings. The summed E-state index contributed by atoms with van der Waals surface area (Å²) in [6.07, 6.45) is 1.15. The molecule has 0 spiro atoms. The molecule has 2 heterocycles. The molecule has 1 N–H and O–H groups in total. The van der Waals surface area contributed by atoms with E-state index >= 15 is 0 Å². The molecule has 0 aliphatic carbocycles. The topological polar surface area (TPSA) is 44.8 Å². The van der Waals surface area contributed by atoms with Crippen LogP contribution in [0.4, 0.5) is 0 Å². The second-order valence-corrected chi connectivity index (χ2v) is 7.57. The number of halogens is 1. The number of thiocarbonyl (C=S) groups is 1. The van der Waals surface area contributed by atoms with Crippen LogP contribution in [-0.2, 0) is 16.1 Å². The molecule has 0 atom stereocenters. The Kier molecular flexibility index (Phi) is 7.55. The third kappa shape index (κ3) is 6.25. The van der Waals surface area contributed by atoms with Crippen molar-refractivity contribution in [3.63, 3.8) is 0 Å². The first-order chi connectivity index (χ1) is 11.1. The summed E-state index contributed by atoms with van der Waals surface area (Å²) in [5.74, 6) is -0.181. The van der Waals surface area contributed by atoms with Gasteiger partial charge in [-0.25, -0.2) is 0 Å². The predicted molar refractivity (Wildman–Crippen MR) is 98.0 cm³/mol. The maximum absolute atomic E-state index is 11.0. The van der Waals surface area contributed by atoms with Crippen molar-refractivity contribution in [2.75, 3.05) is 39.8 Å². The van der Waals surface area contributed by atoms with Gasteiger partial charge in [0.15, 0.2) is 5.11 Å². The van der Waals surface area contributed by atoms with Crippen LogP contribution in [0.1, 0.15) is 17.7 Å². The zero-order valence-electron chi connectivity index (χ0n) is 13.2. The molecule has 0 radical (unpaired) electrons. The zero-order chi connectivity index (χ0) is 16.7. The van der Waals surface area contributed by atoms with Crippen LogP contribution in [0.5, 0.6) is 0 Å². The molecule has 5 nitrogen and oxygen atoms in total. The van der Waals surface area contributed by atoms with Crippen LogP contribution < -0.4 is 5.32 Å². The van der Waals surface area contributed by atoms with Crippen LogP contribution in [0.3, 0.4) is 0 Å². The summed E-state index contributed by atoms with van der Waals surface area (Å²) < 4.78 is 5.46. The first-order valence-electron chi connectivity index (χ1n) is 7.64. The number of piperazine rings is 1. The van der Waals surface area contributed by atoms with Crippen molar-refractivity contribution in [1.29, 1.82) is 0 Å². The van der Waals surface area contributed by atoms with Crippen molar-refractivity contribution in [2.24, 2.45) is 0 Å². The molecule has 8 heteroatoms. The van der Waals surface area contributed by atoms with Gasteiger partial charge in [-0.05, 0) is 30.8 Å². The first kappa shape index (κ1) is 18.4. The van der Waals surface area contributed by atoms with Crippen molar-refractivity contribution in [1.82, 2.24) is 15.1 Å². The molecule has 128 valence electrons. The normalized spacial score (nSPS) is 15.5. The number of hydrogen-bond acceptors (Lipinski definition) is 5. The summed E-state index contributed by atoms with van der Waals surface area (Å²) in [4.78, 5) is 16.9. The minimum absolute atomic E-state index is 0.181. The smallest absolute Gasteiger partial charge is 0.305 e. The lowest BCUT2D eigenvalue weighted by Crippen LogP contribution is -2.51. The molecule has 0 aromatic carbocycles. The molecule has 0 bridgehead atoms. The molecule has 1 aliphatic heterocycles. The highest BCUT2D eigenvalue weighted by molar-refractivity contribution is 7.80. The van der Waals surface area contributed by atoms with E-state index in [2.05, 4.69) is 25.9 Å². The highest BCUT2D eigenvalue weighted by Gasteiger charge is 2.19. The highest BCUT2D eigenvalue weighted by atomic mass is 35.5. The van der Waals surface area contributed by atoms with Gasteiger partial charge in [-0.1, -0.05) is 11.6 Å². The van der Waals surface area contributed by atoms with Crippen molar-refractivity contribution in [3.8, 4) is 0 Å². The van der Waals surface area contributed by atoms with E-state index in [1.54, 1.807) is 11.3 Å². The average Bonchev–Trinajstić information content (AvgIpc) is 2.96. The number of thiophene rings is 1. The molecule has 1 aliphatic rings. The van der Waals surface area contributed by atoms with E-state index in [4.69, 9.17) is 23.8 Å². The second-order valence-electron chi connectivity index (χ2n) is 5.38. The molecular formula is C15H22ClN3O2S2. The van der Waals surface area contributed by atoms with E-state index in [0.29, 0.717) is 13.0 Å². The molecule has 0 saturated carbocycles. The number of hydrogen-bond donors (Lipinski definition) is 1. The second kappa shape index (κ2) is 9.42. The average molecular weight is 376 g/mol. The van der Waals surface area contributed by atoms with Crippen molar-refractivity contribution in [3.05, 3.63) is 21.3 Å². The maximum Gasteiger partial charge on any atom is 0.305 e. The summed E-state index contributed by atoms with van der Waals surface area (Å²) >= 11 is 13.0. The number of nitrogens with zero attached hydrogens (tertiary/aromatic N) is 2. The Bertz CT molecular complexity index is 531. The Labute approximate surface area is 151 Å². The molecule has 0 amide bonds. The van der Waals surface area contributed by atoms with E-state index in [1.807, 2.05) is 6.07 Å². The van der Waals surface area contributed by atoms with Gasteiger partial charge < -0.3 is 15.0 Å². The molecule has 0 unspecified atom stereocenters. The van der Waals surface area contributed by atoms with Crippen LogP contribution in [0, 0.1) is 0 Å². The summed E-state index contributed by atoms with van der Waals surface area (Å²) in [6, 6.07) is 4.04. The summed E-state index contributed by atoms with van der Waals surface area (Å²) in [5.41, 5.74) is 0. The van der Waals surface area contributed by atoms with Crippen LogP contribution in [0.2, 0.25) is 4.34 Å². The number of methoxy groups -OCH3 is 1. The quantitative estimate of drug-likeness (QED) is 0.468. The van der Waals surface area contributed by atoms with Crippen LogP contribution >= 0.6 is 35.2 Å². The Morgan fingerprint density at radius 3 is 2.74 bits per heavy atom. The Hall–Kier alpha value is -0.890. The maximum atomic E-state index is 11.0. The fourth-order valence-electron chi connectivity index (χ4n) is 2.41. The third-order valence-corrected chi connectivity index (χ3v) is 5.35. The van der Waals surface area contributed by atoms with Crippen LogP contribution in [0.25, 0.3) is 0 Å². The van der Waals surface area contributed by atoms with E-state index in [-0.39, 0.29) is 5.97 Å². The van der Waals surface area contributed by atoms with E-state index in [1.165, 1.54) is 12.0 Å². The molecule has 2 rings (SSSR count). The number of esters is 1. The zero-order valence-corrected chi connectivity index (χ0v) is 15.6. The van der Waals surface area contributed by atoms with E-state index < -0.39 is 0 Å². The minimum Gasteiger partial charge on any atom is -0.469 e. The molecule has 1 aromatic rings. The van der Waals surface area contributed by atoms with Crippen LogP contribution in [0.15, 0.2) is 12.1 Å². The number of nitrogens with one attached hydrogen (secondary N) is 1. The lowest BCUT2D eigenvalue weighted by atomic mass is 10.3. The number of carbonyl (C=O) groups is 1. The summed E-state index contributed by atoms with van der Waals surface area (Å²) in [5, 5.41) is 3.99. The summed E-state index contributed by atoms with van der Waals surface area (Å²) in [7, 11) is 1.41. The van der Waals surface area contributed by atoms with Gasteiger partial charge in [-0.15, -0.1) is 11.3 Å². The largest absolute Gasteiger partial charge is 0.469 e. The third-order valence-electron chi connectivity index (χ3n) is 3.73. The SMILES string of the molecule is COC(=O)CCCNC(=S)N1CCN(Cc2ccc(Cl)s2)CC1. The Balaban J connectivity index is 1.63. The number of rotatable bonds is 6. The van der Waals surface area contributed by atoms with Gasteiger partial charge in [0.2, 0.25) is 0 Å². The molecule has 1 saturated heterocycles. The number of ether oxygens (including phenoxy) is 1.